The molecule has 2 N–H and O–H groups in total. The van der Waals surface area contributed by atoms with Gasteiger partial charge in [-0.25, -0.2) is 14.4 Å². The molecule has 78 heavy (non-hydrogen) atoms. The van der Waals surface area contributed by atoms with Gasteiger partial charge >= 0.3 is 17.9 Å². The minimum atomic E-state index is -1.67. The lowest BCUT2D eigenvalue weighted by Gasteiger charge is -2.13. The lowest BCUT2D eigenvalue weighted by molar-refractivity contribution is 0.0588. The van der Waals surface area contributed by atoms with Crippen LogP contribution in [0.4, 0.5) is 0 Å². The van der Waals surface area contributed by atoms with Crippen molar-refractivity contribution in [3.63, 3.8) is 0 Å². The molecule has 9 aromatic carbocycles. The van der Waals surface area contributed by atoms with Gasteiger partial charge in [0.25, 0.3) is 0 Å². The molecule has 8 nitrogen and oxygen atoms in total. The Balaban J connectivity index is 0.000000155. The van der Waals surface area contributed by atoms with Crippen LogP contribution in [0.25, 0.3) is 0 Å². The van der Waals surface area contributed by atoms with E-state index in [0.717, 1.165) is 57.5 Å². The fraction of sp³-hybridized carbons (Fsp3) is 0.108. The van der Waals surface area contributed by atoms with Gasteiger partial charge in [0.1, 0.15) is 6.10 Å². The van der Waals surface area contributed by atoms with E-state index in [4.69, 9.17) is 20.8 Å². The normalized spacial score (nSPS) is 15.6. The summed E-state index contributed by atoms with van der Waals surface area (Å²) in [4.78, 5) is 49.3. The van der Waals surface area contributed by atoms with Crippen LogP contribution in [0.2, 0.25) is 0 Å². The number of fused-ring (bicyclic) bond motifs is 4. The van der Waals surface area contributed by atoms with Crippen LogP contribution >= 0.6 is 59.7 Å². The molecule has 2 aliphatic rings. The summed E-state index contributed by atoms with van der Waals surface area (Å²) in [7, 11) is 2.66. The Morgan fingerprint density at radius 1 is 0.526 bits per heavy atom. The van der Waals surface area contributed by atoms with E-state index in [9.17, 15) is 24.3 Å². The maximum atomic E-state index is 12.4. The molecule has 394 valence electrons. The quantitative estimate of drug-likeness (QED) is 0.0723. The van der Waals surface area contributed by atoms with Crippen molar-refractivity contribution < 1.29 is 49.8 Å². The maximum absolute atomic E-state index is 12.4. The lowest BCUT2D eigenvalue weighted by atomic mass is 9.98. The molecule has 0 spiro atoms. The van der Waals surface area contributed by atoms with Crippen molar-refractivity contribution in [2.75, 3.05) is 14.2 Å². The van der Waals surface area contributed by atoms with E-state index in [-0.39, 0.29) is 17.3 Å². The van der Waals surface area contributed by atoms with Gasteiger partial charge in [0.05, 0.1) is 30.9 Å². The smallest absolute Gasteiger partial charge is 0.338 e. The summed E-state index contributed by atoms with van der Waals surface area (Å²) in [6.45, 7) is 0. The zero-order chi connectivity index (χ0) is 62.2. The molecular weight excluding hydrogens is 1070 g/mol. The Labute approximate surface area is 489 Å². The highest BCUT2D eigenvalue weighted by Crippen LogP contribution is 2.39. The third kappa shape index (κ3) is 16.6. The van der Waals surface area contributed by atoms with Crippen LogP contribution in [0.1, 0.15) is 97.4 Å². The van der Waals surface area contributed by atoms with E-state index in [1.54, 1.807) is 170 Å². The van der Waals surface area contributed by atoms with Gasteiger partial charge in [0.2, 0.25) is 0 Å². The van der Waals surface area contributed by atoms with Gasteiger partial charge in [-0.3, -0.25) is 4.79 Å². The first kappa shape index (κ1) is 47.9. The molecule has 0 aliphatic carbocycles. The van der Waals surface area contributed by atoms with Crippen molar-refractivity contribution in [2.45, 2.75) is 53.4 Å². The van der Waals surface area contributed by atoms with Gasteiger partial charge in [-0.15, -0.1) is 59.7 Å². The molecule has 0 fully saturated rings. The van der Waals surface area contributed by atoms with E-state index >= 15 is 0 Å². The van der Waals surface area contributed by atoms with Crippen molar-refractivity contribution in [2.24, 2.45) is 0 Å². The highest BCUT2D eigenvalue weighted by molar-refractivity contribution is 7.99. The maximum Gasteiger partial charge on any atom is 0.338 e. The van der Waals surface area contributed by atoms with Gasteiger partial charge in [0, 0.05) is 69.4 Å². The molecule has 0 amide bonds. The van der Waals surface area contributed by atoms with Crippen molar-refractivity contribution in [1.29, 1.82) is 0 Å². The number of hydrogen-bond acceptors (Lipinski definition) is 12. The van der Waals surface area contributed by atoms with Gasteiger partial charge in [-0.2, -0.15) is 0 Å². The summed E-state index contributed by atoms with van der Waals surface area (Å²) < 4.78 is 74.4. The number of benzene rings is 9. The van der Waals surface area contributed by atoms with Crippen molar-refractivity contribution in [1.82, 2.24) is 0 Å². The average molecular weight is 1130 g/mol. The molecule has 9 aromatic rings. The second-order valence-corrected chi connectivity index (χ2v) is 20.1. The monoisotopic (exact) mass is 1130 g/mol. The Morgan fingerprint density at radius 2 is 0.949 bits per heavy atom. The summed E-state index contributed by atoms with van der Waals surface area (Å²) in [5.74, 6) is -1.96. The number of thioether (sulfide) groups is 4. The molecule has 2 aliphatic heterocycles. The SMILES string of the molecule is COC(=O)c1ccccc1S.[2H]C([2H])(Sc1ccccc1C(=O)O)c1ccccc1.[2H]C([2H])(Sc1ccccc1C(=O)OC)c1ccccc1.[2H]C1([2H])Sc2ccccc2C(=O)c2ccccc21.[2H]C1([2H])Sc2ccccc2C(O)c2ccccc21. The first-order valence-corrected chi connectivity index (χ1v) is 27.5. The fourth-order valence-corrected chi connectivity index (χ4v) is 10.7. The van der Waals surface area contributed by atoms with E-state index in [1.165, 1.54) is 20.3 Å². The predicted molar refractivity (Wildman–Crippen MR) is 321 cm³/mol. The zero-order valence-electron chi connectivity index (χ0n) is 49.9. The number of carbonyl (C=O) groups is 4. The number of ether oxygens (including phenoxy) is 2. The third-order valence-corrected chi connectivity index (χ3v) is 15.2. The third-order valence-electron chi connectivity index (χ3n) is 11.1. The van der Waals surface area contributed by atoms with Crippen LogP contribution < -0.4 is 0 Å². The molecule has 0 radical (unpaired) electrons. The highest BCUT2D eigenvalue weighted by Gasteiger charge is 2.22. The summed E-state index contributed by atoms with van der Waals surface area (Å²) >= 11 is 8.25. The molecule has 2 heterocycles. The molecular formula is C65H56O8S5. The first-order valence-electron chi connectivity index (χ1n) is 27.8. The van der Waals surface area contributed by atoms with Crippen LogP contribution in [0, 0.1) is 0 Å². The number of carboxylic acids is 1. The molecule has 13 heteroatoms. The summed E-state index contributed by atoms with van der Waals surface area (Å²) in [6, 6.07) is 66.6. The predicted octanol–water partition coefficient (Wildman–Crippen LogP) is 16.1. The number of ketones is 1. The summed E-state index contributed by atoms with van der Waals surface area (Å²) in [6.07, 6.45) is -0.762. The number of aromatic carboxylic acids is 1. The van der Waals surface area contributed by atoms with E-state index in [0.29, 0.717) is 69.7 Å². The number of carbonyl (C=O) groups excluding carboxylic acids is 3. The van der Waals surface area contributed by atoms with Crippen LogP contribution in [-0.4, -0.2) is 48.1 Å². The molecule has 0 bridgehead atoms. The van der Waals surface area contributed by atoms with Gasteiger partial charge in [-0.05, 0) is 88.0 Å². The Kier molecular flexibility index (Phi) is 18.8. The van der Waals surface area contributed by atoms with E-state index < -0.39 is 40.9 Å². The number of hydrogen-bond donors (Lipinski definition) is 3. The largest absolute Gasteiger partial charge is 0.478 e. The molecule has 0 saturated carbocycles. The van der Waals surface area contributed by atoms with Crippen molar-refractivity contribution in [3.8, 4) is 0 Å². The van der Waals surface area contributed by atoms with Crippen LogP contribution in [0.5, 0.6) is 0 Å². The number of aliphatic hydroxyl groups excluding tert-OH is 1. The average Bonchev–Trinajstić information content (AvgIpc) is 3.25. The second kappa shape index (κ2) is 30.6. The summed E-state index contributed by atoms with van der Waals surface area (Å²) in [5, 5.41) is 19.5. The van der Waals surface area contributed by atoms with E-state index in [2.05, 4.69) is 17.4 Å². The molecule has 0 saturated heterocycles. The first-order chi connectivity index (χ1) is 41.0. The number of methoxy groups -OCH3 is 2. The number of carboxylic acid groups (broad SMARTS) is 1. The summed E-state index contributed by atoms with van der Waals surface area (Å²) in [5.41, 5.74) is -0.862. The van der Waals surface area contributed by atoms with Crippen LogP contribution in [-0.2, 0) is 32.3 Å². The minimum Gasteiger partial charge on any atom is -0.478 e. The van der Waals surface area contributed by atoms with Crippen LogP contribution in [0.15, 0.2) is 255 Å². The standard InChI is InChI=1S/C15H14O2S.C14H12O2S.C14H12OS.C14H10OS.C8H8O2S/c1-17-15(16)13-9-5-6-10-14(13)18-11-12-7-3-2-4-8-12;15-14(16)12-8-4-5-9-13(12)17-10-11-6-2-1-3-7-11;2*15-14-11-6-2-1-5-10(11)9-16-13-8-4-3-7-12(13)14;1-10-8(9)6-4-2-3-5-7(6)11/h2-10H,11H2,1H3;1-9H,10H2,(H,15,16);1-8,14-15H,9H2;1-8H,9H2;2-5,11H,1H3/i11D2;10D2;2*9D2;. The molecule has 1 atom stereocenters. The molecule has 0 aromatic heterocycles. The molecule has 1 unspecified atom stereocenters. The lowest BCUT2D eigenvalue weighted by Crippen LogP contribution is -2.03. The number of aliphatic hydroxyl groups is 1. The highest BCUT2D eigenvalue weighted by atomic mass is 32.2. The van der Waals surface area contributed by atoms with Crippen molar-refractivity contribution >= 4 is 83.4 Å². The topological polar surface area (TPSA) is 127 Å². The Bertz CT molecular complexity index is 3820. The minimum absolute atomic E-state index is 0.102. The Morgan fingerprint density at radius 3 is 1.55 bits per heavy atom. The number of thiol groups is 1. The zero-order valence-corrected chi connectivity index (χ0v) is 46.1. The number of esters is 2. The van der Waals surface area contributed by atoms with Gasteiger partial charge in [-0.1, -0.05) is 176 Å². The second-order valence-electron chi connectivity index (χ2n) is 16.2. The Hall–Kier alpha value is -7.23. The van der Waals surface area contributed by atoms with Gasteiger partial charge < -0.3 is 19.7 Å². The van der Waals surface area contributed by atoms with Crippen LogP contribution in [0.3, 0.4) is 0 Å². The van der Waals surface area contributed by atoms with Crippen molar-refractivity contribution in [3.05, 3.63) is 292 Å². The number of rotatable bonds is 9. The van der Waals surface area contributed by atoms with E-state index in [1.807, 2.05) is 54.6 Å². The van der Waals surface area contributed by atoms with Gasteiger partial charge in [0.15, 0.2) is 5.78 Å². The molecule has 11 rings (SSSR count). The fourth-order valence-electron chi connectivity index (χ4n) is 7.24.